The lowest BCUT2D eigenvalue weighted by atomic mass is 10.0. The lowest BCUT2D eigenvalue weighted by Crippen LogP contribution is -2.08. The van der Waals surface area contributed by atoms with Crippen molar-refractivity contribution in [3.8, 4) is 17.1 Å². The summed E-state index contributed by atoms with van der Waals surface area (Å²) in [6.45, 7) is 5.29. The van der Waals surface area contributed by atoms with E-state index < -0.39 is 29.3 Å². The van der Waals surface area contributed by atoms with Gasteiger partial charge in [0.15, 0.2) is 17.3 Å². The number of pyridine rings is 1. The Hall–Kier alpha value is -4.01. The third-order valence-corrected chi connectivity index (χ3v) is 5.51. The van der Waals surface area contributed by atoms with Gasteiger partial charge in [-0.3, -0.25) is 4.57 Å². The molecule has 0 amide bonds. The first-order valence-corrected chi connectivity index (χ1v) is 10.9. The summed E-state index contributed by atoms with van der Waals surface area (Å²) in [5.41, 5.74) is 1.88. The molecular formula is C27H23F5N2O2. The maximum absolute atomic E-state index is 13.1. The zero-order valence-electron chi connectivity index (χ0n) is 19.7. The molecule has 188 valence electrons. The molecule has 0 fully saturated rings. The average molecular weight is 502 g/mol. The number of aromatic carboxylic acids is 1. The maximum Gasteiger partial charge on any atom is 0.416 e. The second kappa shape index (κ2) is 10.7. The molecule has 9 heteroatoms. The standard InChI is InChI=1S/C19H15F3N2O2.C8H8F2/c1-11-6-8-13(19(20,21)22)10-14(11)16-9-7-12(2)24(16)17-5-3-4-15(23-17)18(25)26;1-2-6-4-3-5-7(9)8(6)10/h3-10H,1-2H3,(H,25,26);3-5H,2H2,1H3. The van der Waals surface area contributed by atoms with Crippen LogP contribution in [0.15, 0.2) is 66.7 Å². The van der Waals surface area contributed by atoms with E-state index in [1.165, 1.54) is 18.2 Å². The van der Waals surface area contributed by atoms with Crippen molar-refractivity contribution in [3.63, 3.8) is 0 Å². The summed E-state index contributed by atoms with van der Waals surface area (Å²) < 4.78 is 66.0. The maximum atomic E-state index is 13.1. The molecule has 1 N–H and O–H groups in total. The number of carbonyl (C=O) groups is 1. The van der Waals surface area contributed by atoms with E-state index in [9.17, 15) is 26.7 Å². The topological polar surface area (TPSA) is 55.1 Å². The summed E-state index contributed by atoms with van der Waals surface area (Å²) in [5, 5.41) is 9.14. The number of hydrogen-bond donors (Lipinski definition) is 1. The van der Waals surface area contributed by atoms with E-state index in [0.29, 0.717) is 34.6 Å². The van der Waals surface area contributed by atoms with Gasteiger partial charge in [0.05, 0.1) is 11.3 Å². The van der Waals surface area contributed by atoms with Gasteiger partial charge in [0, 0.05) is 11.3 Å². The van der Waals surface area contributed by atoms with Crippen molar-refractivity contribution in [1.29, 1.82) is 0 Å². The number of benzene rings is 2. The fourth-order valence-corrected chi connectivity index (χ4v) is 3.62. The van der Waals surface area contributed by atoms with Gasteiger partial charge in [0.25, 0.3) is 0 Å². The van der Waals surface area contributed by atoms with Crippen LogP contribution in [0.3, 0.4) is 0 Å². The molecule has 0 spiro atoms. The van der Waals surface area contributed by atoms with Gasteiger partial charge in [-0.1, -0.05) is 31.2 Å². The SMILES string of the molecule is CCc1cccc(F)c1F.Cc1ccc(C(F)(F)F)cc1-c1ccc(C)n1-c1cccc(C(=O)O)n1. The predicted octanol–water partition coefficient (Wildman–Crippen LogP) is 7.40. The number of halogens is 5. The minimum Gasteiger partial charge on any atom is -0.477 e. The Labute approximate surface area is 204 Å². The Morgan fingerprint density at radius 1 is 0.972 bits per heavy atom. The van der Waals surface area contributed by atoms with E-state index >= 15 is 0 Å². The molecule has 0 unspecified atom stereocenters. The molecule has 0 aliphatic heterocycles. The lowest BCUT2D eigenvalue weighted by Gasteiger charge is -2.15. The van der Waals surface area contributed by atoms with Crippen LogP contribution >= 0.6 is 0 Å². The van der Waals surface area contributed by atoms with Crippen LogP contribution in [0.5, 0.6) is 0 Å². The first-order chi connectivity index (χ1) is 16.9. The molecule has 36 heavy (non-hydrogen) atoms. The van der Waals surface area contributed by atoms with Crippen molar-refractivity contribution in [3.05, 3.63) is 106 Å². The summed E-state index contributed by atoms with van der Waals surface area (Å²) in [5.74, 6) is -2.32. The first kappa shape index (κ1) is 26.6. The van der Waals surface area contributed by atoms with Gasteiger partial charge in [-0.25, -0.2) is 18.6 Å². The van der Waals surface area contributed by atoms with Crippen LogP contribution in [0.4, 0.5) is 22.0 Å². The van der Waals surface area contributed by atoms with E-state index in [2.05, 4.69) is 4.98 Å². The van der Waals surface area contributed by atoms with Crippen molar-refractivity contribution >= 4 is 5.97 Å². The summed E-state index contributed by atoms with van der Waals surface area (Å²) in [6.07, 6.45) is -3.92. The minimum absolute atomic E-state index is 0.137. The average Bonchev–Trinajstić information content (AvgIpc) is 3.22. The summed E-state index contributed by atoms with van der Waals surface area (Å²) in [7, 11) is 0. The number of alkyl halides is 3. The molecule has 0 saturated carbocycles. The Morgan fingerprint density at radius 2 is 1.67 bits per heavy atom. The lowest BCUT2D eigenvalue weighted by molar-refractivity contribution is -0.137. The summed E-state index contributed by atoms with van der Waals surface area (Å²) in [4.78, 5) is 15.3. The fourth-order valence-electron chi connectivity index (χ4n) is 3.62. The largest absolute Gasteiger partial charge is 0.477 e. The Balaban J connectivity index is 0.000000303. The van der Waals surface area contributed by atoms with E-state index in [0.717, 1.165) is 23.9 Å². The smallest absolute Gasteiger partial charge is 0.416 e. The van der Waals surface area contributed by atoms with E-state index in [4.69, 9.17) is 5.11 Å². The van der Waals surface area contributed by atoms with Gasteiger partial charge in [-0.05, 0) is 73.9 Å². The molecule has 2 aromatic heterocycles. The summed E-state index contributed by atoms with van der Waals surface area (Å²) in [6, 6.07) is 15.8. The third-order valence-electron chi connectivity index (χ3n) is 5.51. The van der Waals surface area contributed by atoms with Crippen molar-refractivity contribution in [2.45, 2.75) is 33.4 Å². The number of aryl methyl sites for hydroxylation is 3. The van der Waals surface area contributed by atoms with Crippen molar-refractivity contribution in [2.75, 3.05) is 0 Å². The Bertz CT molecular complexity index is 1390. The van der Waals surface area contributed by atoms with Gasteiger partial charge >= 0.3 is 12.1 Å². The Morgan fingerprint density at radius 3 is 2.28 bits per heavy atom. The van der Waals surface area contributed by atoms with Crippen molar-refractivity contribution in [1.82, 2.24) is 9.55 Å². The highest BCUT2D eigenvalue weighted by molar-refractivity contribution is 5.85. The highest BCUT2D eigenvalue weighted by atomic mass is 19.4. The van der Waals surface area contributed by atoms with Crippen LogP contribution in [0.1, 0.15) is 39.8 Å². The van der Waals surface area contributed by atoms with E-state index in [1.54, 1.807) is 55.7 Å². The normalized spacial score (nSPS) is 11.1. The van der Waals surface area contributed by atoms with Crippen LogP contribution in [0, 0.1) is 25.5 Å². The first-order valence-electron chi connectivity index (χ1n) is 10.9. The van der Waals surface area contributed by atoms with Crippen LogP contribution < -0.4 is 0 Å². The zero-order chi connectivity index (χ0) is 26.6. The molecule has 0 radical (unpaired) electrons. The van der Waals surface area contributed by atoms with Crippen LogP contribution in [0.2, 0.25) is 0 Å². The predicted molar refractivity (Wildman–Crippen MR) is 126 cm³/mol. The van der Waals surface area contributed by atoms with Gasteiger partial charge in [0.1, 0.15) is 5.82 Å². The number of aromatic nitrogens is 2. The van der Waals surface area contributed by atoms with Gasteiger partial charge in [0.2, 0.25) is 0 Å². The Kier molecular flexibility index (Phi) is 7.92. The molecule has 2 aromatic carbocycles. The molecular weight excluding hydrogens is 479 g/mol. The second-order valence-electron chi connectivity index (χ2n) is 7.98. The summed E-state index contributed by atoms with van der Waals surface area (Å²) >= 11 is 0. The minimum atomic E-state index is -4.45. The van der Waals surface area contributed by atoms with Crippen molar-refractivity contribution in [2.24, 2.45) is 0 Å². The molecule has 0 bridgehead atoms. The third kappa shape index (κ3) is 5.79. The van der Waals surface area contributed by atoms with Crippen LogP contribution in [-0.2, 0) is 12.6 Å². The number of carboxylic acids is 1. The molecule has 0 aliphatic rings. The number of nitrogens with zero attached hydrogens (tertiary/aromatic N) is 2. The molecule has 4 rings (SSSR count). The zero-order valence-corrected chi connectivity index (χ0v) is 19.7. The van der Waals surface area contributed by atoms with Gasteiger partial charge in [-0.15, -0.1) is 0 Å². The molecule has 2 heterocycles. The van der Waals surface area contributed by atoms with E-state index in [-0.39, 0.29) is 5.69 Å². The van der Waals surface area contributed by atoms with Gasteiger partial charge in [-0.2, -0.15) is 13.2 Å². The number of hydrogen-bond acceptors (Lipinski definition) is 2. The second-order valence-corrected chi connectivity index (χ2v) is 7.98. The van der Waals surface area contributed by atoms with Crippen LogP contribution in [-0.4, -0.2) is 20.6 Å². The number of rotatable bonds is 4. The molecule has 4 nitrogen and oxygen atoms in total. The van der Waals surface area contributed by atoms with Crippen LogP contribution in [0.25, 0.3) is 17.1 Å². The highest BCUT2D eigenvalue weighted by Crippen LogP contribution is 2.35. The highest BCUT2D eigenvalue weighted by Gasteiger charge is 2.31. The number of carboxylic acid groups (broad SMARTS) is 1. The molecule has 0 saturated heterocycles. The molecule has 0 aliphatic carbocycles. The molecule has 0 atom stereocenters. The van der Waals surface area contributed by atoms with E-state index in [1.807, 2.05) is 0 Å². The fraction of sp³-hybridized carbons (Fsp3) is 0.185. The molecule has 4 aromatic rings. The quantitative estimate of drug-likeness (QED) is 0.296. The van der Waals surface area contributed by atoms with Gasteiger partial charge < -0.3 is 5.11 Å². The monoisotopic (exact) mass is 502 g/mol. The van der Waals surface area contributed by atoms with Crippen molar-refractivity contribution < 1.29 is 31.9 Å².